The smallest absolute Gasteiger partial charge is 0.302 e. The van der Waals surface area contributed by atoms with E-state index in [2.05, 4.69) is 6.92 Å². The van der Waals surface area contributed by atoms with Gasteiger partial charge in [0.25, 0.3) is 0 Å². The van der Waals surface area contributed by atoms with Gasteiger partial charge in [-0.25, -0.2) is 0 Å². The Labute approximate surface area is 161 Å². The molecule has 0 aromatic heterocycles. The lowest BCUT2D eigenvalue weighted by atomic mass is 9.48. The summed E-state index contributed by atoms with van der Waals surface area (Å²) in [5.74, 6) is 0.393. The summed E-state index contributed by atoms with van der Waals surface area (Å²) in [6, 6.07) is 0. The molecule has 27 heavy (non-hydrogen) atoms. The Morgan fingerprint density at radius 1 is 1.22 bits per heavy atom. The van der Waals surface area contributed by atoms with E-state index in [0.29, 0.717) is 12.3 Å². The summed E-state index contributed by atoms with van der Waals surface area (Å²) in [6.45, 7) is 5.88. The molecular formula is C22H34O5. The molecule has 2 saturated carbocycles. The summed E-state index contributed by atoms with van der Waals surface area (Å²) in [7, 11) is 0. The fourth-order valence-corrected chi connectivity index (χ4v) is 7.36. The monoisotopic (exact) mass is 378 g/mol. The van der Waals surface area contributed by atoms with Crippen LogP contribution in [0.5, 0.6) is 0 Å². The molecule has 5 nitrogen and oxygen atoms in total. The standard InChI is InChI=1S/C22H34O5/c1-13(24)27-12-22(26)9-6-15-16(22)10-14-4-5-17-20(2,19(14)15)8-7-18(25)21(17,3)11-23/h15-18,23,25-26H,4-12H2,1-3H3/t15-,16+,17+,18+,20-,21-,22-/m0/s1. The quantitative estimate of drug-likeness (QED) is 0.519. The first kappa shape index (κ1) is 19.4. The van der Waals surface area contributed by atoms with Crippen molar-refractivity contribution in [3.05, 3.63) is 11.1 Å². The molecule has 5 heteroatoms. The van der Waals surface area contributed by atoms with Crippen molar-refractivity contribution in [2.75, 3.05) is 13.2 Å². The molecule has 2 fully saturated rings. The molecule has 0 amide bonds. The molecule has 0 aromatic rings. The molecular weight excluding hydrogens is 344 g/mol. The van der Waals surface area contributed by atoms with Crippen molar-refractivity contribution in [2.45, 2.75) is 77.4 Å². The topological polar surface area (TPSA) is 87.0 Å². The predicted molar refractivity (Wildman–Crippen MR) is 101 cm³/mol. The van der Waals surface area contributed by atoms with Crippen LogP contribution < -0.4 is 0 Å². The van der Waals surface area contributed by atoms with Crippen molar-refractivity contribution in [1.29, 1.82) is 0 Å². The molecule has 0 unspecified atom stereocenters. The molecule has 4 aliphatic carbocycles. The highest BCUT2D eigenvalue weighted by Crippen LogP contribution is 2.67. The number of aliphatic hydroxyl groups excluding tert-OH is 2. The summed E-state index contributed by atoms with van der Waals surface area (Å²) in [5, 5.41) is 32.0. The summed E-state index contributed by atoms with van der Waals surface area (Å²) >= 11 is 0. The Morgan fingerprint density at radius 3 is 2.63 bits per heavy atom. The van der Waals surface area contributed by atoms with Crippen LogP contribution in [0.15, 0.2) is 11.1 Å². The first-order valence-electron chi connectivity index (χ1n) is 10.5. The molecule has 0 radical (unpaired) electrons. The number of carbonyl (C=O) groups is 1. The molecule has 7 atom stereocenters. The van der Waals surface area contributed by atoms with Crippen molar-refractivity contribution in [3.63, 3.8) is 0 Å². The summed E-state index contributed by atoms with van der Waals surface area (Å²) in [5.41, 5.74) is 1.59. The second-order valence-electron chi connectivity index (χ2n) is 10.1. The third-order valence-corrected chi connectivity index (χ3v) is 8.76. The Kier molecular flexibility index (Phi) is 4.53. The number of esters is 1. The Hall–Kier alpha value is -0.910. The average molecular weight is 379 g/mol. The molecule has 0 heterocycles. The van der Waals surface area contributed by atoms with Crippen LogP contribution in [0.1, 0.15) is 65.7 Å². The SMILES string of the molecule is CC(=O)OC[C@@]1(O)CC[C@@H]2C3=C(CC[C@H]4[C@](C)(CO)[C@H](O)CC[C@]34C)C[C@H]21. The highest BCUT2D eigenvalue weighted by atomic mass is 16.5. The van der Waals surface area contributed by atoms with Gasteiger partial charge in [-0.1, -0.05) is 25.0 Å². The molecule has 4 aliphatic rings. The first-order chi connectivity index (χ1) is 12.7. The molecule has 0 aromatic carbocycles. The van der Waals surface area contributed by atoms with E-state index in [1.807, 2.05) is 6.92 Å². The van der Waals surface area contributed by atoms with E-state index in [1.54, 1.807) is 0 Å². The number of rotatable bonds is 3. The van der Waals surface area contributed by atoms with E-state index in [4.69, 9.17) is 4.74 Å². The minimum Gasteiger partial charge on any atom is -0.463 e. The molecule has 0 saturated heterocycles. The highest BCUT2D eigenvalue weighted by molar-refractivity contribution is 5.66. The minimum absolute atomic E-state index is 0.0154. The number of ether oxygens (including phenoxy) is 1. The van der Waals surface area contributed by atoms with Crippen molar-refractivity contribution >= 4 is 5.97 Å². The third kappa shape index (κ3) is 2.65. The zero-order valence-electron chi connectivity index (χ0n) is 16.8. The van der Waals surface area contributed by atoms with Gasteiger partial charge < -0.3 is 20.1 Å². The Balaban J connectivity index is 1.65. The Morgan fingerprint density at radius 2 is 1.96 bits per heavy atom. The maximum atomic E-state index is 11.3. The van der Waals surface area contributed by atoms with E-state index in [0.717, 1.165) is 38.5 Å². The number of allylic oxidation sites excluding steroid dienone is 2. The number of aliphatic hydroxyl groups is 3. The van der Waals surface area contributed by atoms with Crippen LogP contribution in [0.2, 0.25) is 0 Å². The zero-order valence-corrected chi connectivity index (χ0v) is 16.8. The summed E-state index contributed by atoms with van der Waals surface area (Å²) < 4.78 is 5.21. The van der Waals surface area contributed by atoms with Crippen molar-refractivity contribution in [1.82, 2.24) is 0 Å². The molecule has 4 rings (SSSR count). The number of hydrogen-bond acceptors (Lipinski definition) is 5. The van der Waals surface area contributed by atoms with Gasteiger partial charge in [0.2, 0.25) is 0 Å². The lowest BCUT2D eigenvalue weighted by molar-refractivity contribution is -0.151. The minimum atomic E-state index is -0.923. The highest BCUT2D eigenvalue weighted by Gasteiger charge is 2.62. The maximum absolute atomic E-state index is 11.3. The van der Waals surface area contributed by atoms with Crippen molar-refractivity contribution < 1.29 is 24.9 Å². The van der Waals surface area contributed by atoms with Gasteiger partial charge in [0.05, 0.1) is 12.7 Å². The maximum Gasteiger partial charge on any atom is 0.302 e. The largest absolute Gasteiger partial charge is 0.463 e. The van der Waals surface area contributed by atoms with Gasteiger partial charge in [-0.2, -0.15) is 0 Å². The zero-order chi connectivity index (χ0) is 19.6. The Bertz CT molecular complexity index is 672. The van der Waals surface area contributed by atoms with Crippen LogP contribution in [0.25, 0.3) is 0 Å². The molecule has 3 N–H and O–H groups in total. The normalized spacial score (nSPS) is 48.8. The first-order valence-corrected chi connectivity index (χ1v) is 10.5. The fraction of sp³-hybridized carbons (Fsp3) is 0.864. The fourth-order valence-electron chi connectivity index (χ4n) is 7.36. The van der Waals surface area contributed by atoms with Crippen molar-refractivity contribution in [2.24, 2.45) is 28.6 Å². The summed E-state index contributed by atoms with van der Waals surface area (Å²) in [4.78, 5) is 11.3. The summed E-state index contributed by atoms with van der Waals surface area (Å²) in [6.07, 6.45) is 5.70. The average Bonchev–Trinajstić information content (AvgIpc) is 3.16. The lowest BCUT2D eigenvalue weighted by Crippen LogP contribution is -2.55. The van der Waals surface area contributed by atoms with E-state index in [-0.39, 0.29) is 36.4 Å². The van der Waals surface area contributed by atoms with Crippen LogP contribution in [0, 0.1) is 28.6 Å². The van der Waals surface area contributed by atoms with Gasteiger partial charge in [0.15, 0.2) is 0 Å². The van der Waals surface area contributed by atoms with Gasteiger partial charge in [-0.05, 0) is 62.2 Å². The van der Waals surface area contributed by atoms with Gasteiger partial charge >= 0.3 is 5.97 Å². The van der Waals surface area contributed by atoms with E-state index < -0.39 is 17.1 Å². The van der Waals surface area contributed by atoms with Crippen LogP contribution in [-0.2, 0) is 9.53 Å². The second kappa shape index (κ2) is 6.30. The van der Waals surface area contributed by atoms with Crippen molar-refractivity contribution in [3.8, 4) is 0 Å². The van der Waals surface area contributed by atoms with Gasteiger partial charge in [-0.15, -0.1) is 0 Å². The second-order valence-corrected chi connectivity index (χ2v) is 10.1. The van der Waals surface area contributed by atoms with Gasteiger partial charge in [-0.3, -0.25) is 4.79 Å². The van der Waals surface area contributed by atoms with Crippen LogP contribution >= 0.6 is 0 Å². The number of hydrogen-bond donors (Lipinski definition) is 3. The van der Waals surface area contributed by atoms with E-state index >= 15 is 0 Å². The van der Waals surface area contributed by atoms with Gasteiger partial charge in [0.1, 0.15) is 12.2 Å². The van der Waals surface area contributed by atoms with Crippen LogP contribution in [0.3, 0.4) is 0 Å². The molecule has 0 spiro atoms. The van der Waals surface area contributed by atoms with Crippen LogP contribution in [-0.4, -0.2) is 46.2 Å². The number of carbonyl (C=O) groups excluding carboxylic acids is 1. The molecule has 0 aliphatic heterocycles. The molecule has 0 bridgehead atoms. The van der Waals surface area contributed by atoms with Crippen LogP contribution in [0.4, 0.5) is 0 Å². The van der Waals surface area contributed by atoms with E-state index in [1.165, 1.54) is 18.1 Å². The predicted octanol–water partition coefficient (Wildman–Crippen LogP) is 2.58. The third-order valence-electron chi connectivity index (χ3n) is 8.76. The lowest BCUT2D eigenvalue weighted by Gasteiger charge is -2.57. The van der Waals surface area contributed by atoms with Gasteiger partial charge in [0, 0.05) is 18.3 Å². The molecule has 152 valence electrons. The van der Waals surface area contributed by atoms with E-state index in [9.17, 15) is 20.1 Å². The number of fused-ring (bicyclic) bond motifs is 4.